The van der Waals surface area contributed by atoms with E-state index in [1.807, 2.05) is 0 Å². The third-order valence-corrected chi connectivity index (χ3v) is 7.57. The summed E-state index contributed by atoms with van der Waals surface area (Å²) in [6.07, 6.45) is 4.96. The monoisotopic (exact) mass is 1490 g/mol. The maximum absolute atomic E-state index is 8.23. The quantitative estimate of drug-likeness (QED) is 0.322. The van der Waals surface area contributed by atoms with Crippen molar-refractivity contribution in [1.82, 2.24) is 0 Å². The Morgan fingerprint density at radius 1 is 0.0645 bits per heavy atom. The summed E-state index contributed by atoms with van der Waals surface area (Å²) in [7, 11) is 0. The Morgan fingerprint density at radius 2 is 0.105 bits per heavy atom. The molecule has 0 spiro atoms. The average Bonchev–Trinajstić information content (AvgIpc) is 1.21. The smallest absolute Gasteiger partial charge is 0.153 e. The van der Waals surface area contributed by atoms with Crippen molar-refractivity contribution in [3.8, 4) is 729 Å². The van der Waals surface area contributed by atoms with Gasteiger partial charge in [0, 0.05) is 669 Å². The molecule has 124 heavy (non-hydrogen) atoms. The Labute approximate surface area is 729 Å². The molecular formula is C123HN. The van der Waals surface area contributed by atoms with Crippen molar-refractivity contribution in [3.05, 3.63) is 0 Å². The van der Waals surface area contributed by atoms with Crippen molar-refractivity contribution < 1.29 is 0 Å². The molecule has 0 N–H and O–H groups in total. The van der Waals surface area contributed by atoms with Crippen molar-refractivity contribution in [3.63, 3.8) is 0 Å². The zero-order valence-corrected chi connectivity index (χ0v) is 62.0. The van der Waals surface area contributed by atoms with Crippen molar-refractivity contribution in [2.75, 3.05) is 0 Å². The van der Waals surface area contributed by atoms with Gasteiger partial charge in [-0.15, -0.1) is 6.42 Å². The van der Waals surface area contributed by atoms with Crippen molar-refractivity contribution in [2.24, 2.45) is 0 Å². The van der Waals surface area contributed by atoms with E-state index in [-0.39, 0.29) is 0 Å². The van der Waals surface area contributed by atoms with Crippen LogP contribution >= 0.6 is 0 Å². The summed E-state index contributed by atoms with van der Waals surface area (Å²) in [5.41, 5.74) is 0. The molecule has 498 valence electrons. The molecule has 0 fully saturated rings. The van der Waals surface area contributed by atoms with Gasteiger partial charge in [0.2, 0.25) is 0 Å². The normalized spacial score (nSPS) is 3.95. The molecule has 0 amide bonds. The maximum Gasteiger partial charge on any atom is 0.153 e. The number of nitrogens with zero attached hydrogens (tertiary/aromatic N) is 1. The molecular weight excluding hydrogens is 1490 g/mol. The lowest BCUT2D eigenvalue weighted by Crippen LogP contribution is -1.57. The van der Waals surface area contributed by atoms with Crippen LogP contribution < -0.4 is 0 Å². The molecule has 0 aliphatic carbocycles. The predicted octanol–water partition coefficient (Wildman–Crippen LogP) is 0.347. The van der Waals surface area contributed by atoms with Gasteiger partial charge in [-0.1, -0.05) is 0 Å². The molecule has 0 bridgehead atoms. The van der Waals surface area contributed by atoms with Gasteiger partial charge in [-0.05, 0) is 47.4 Å². The lowest BCUT2D eigenvalue weighted by molar-refractivity contribution is 1.55. The summed E-state index contributed by atoms with van der Waals surface area (Å²) in [4.78, 5) is 0. The van der Waals surface area contributed by atoms with Crippen molar-refractivity contribution in [2.45, 2.75) is 0 Å². The average molecular weight is 1490 g/mol. The maximum atomic E-state index is 8.23. The molecule has 0 aliphatic rings. The number of rotatable bonds is 0. The molecule has 0 aromatic carbocycles. The highest BCUT2D eigenvalue weighted by Crippen LogP contribution is 1.70. The second-order valence-corrected chi connectivity index (χ2v) is 15.3. The first-order valence-corrected chi connectivity index (χ1v) is 30.8. The van der Waals surface area contributed by atoms with E-state index in [0.717, 1.165) is 0 Å². The Balaban J connectivity index is 4.65. The zero-order valence-electron chi connectivity index (χ0n) is 62.0. The third kappa shape index (κ3) is 94.7. The van der Waals surface area contributed by atoms with Crippen molar-refractivity contribution >= 4 is 0 Å². The van der Waals surface area contributed by atoms with Gasteiger partial charge >= 0.3 is 0 Å². The molecule has 0 rings (SSSR count). The lowest BCUT2D eigenvalue weighted by atomic mass is 10.4. The van der Waals surface area contributed by atoms with E-state index in [9.17, 15) is 0 Å². The highest BCUT2D eigenvalue weighted by atomic mass is 14.2. The summed E-state index contributed by atoms with van der Waals surface area (Å²) in [5, 5.41) is 8.23. The van der Waals surface area contributed by atoms with Crippen LogP contribution in [-0.2, 0) is 0 Å². The van der Waals surface area contributed by atoms with Gasteiger partial charge in [-0.2, -0.15) is 5.26 Å². The lowest BCUT2D eigenvalue weighted by Gasteiger charge is -1.58. The van der Waals surface area contributed by atoms with E-state index in [0.29, 0.717) is 0 Å². The van der Waals surface area contributed by atoms with Gasteiger partial charge in [-0.25, -0.2) is 0 Å². The highest BCUT2D eigenvalue weighted by molar-refractivity contribution is 5.58. The molecule has 0 saturated carbocycles. The molecule has 1 heteroatoms. The molecule has 0 radical (unpaired) electrons. The van der Waals surface area contributed by atoms with Crippen LogP contribution in [0.15, 0.2) is 0 Å². The number of hydrogen-bond donors (Lipinski definition) is 0. The molecule has 0 aromatic heterocycles. The van der Waals surface area contributed by atoms with Gasteiger partial charge in [0.1, 0.15) is 0 Å². The first-order valence-electron chi connectivity index (χ1n) is 30.8. The van der Waals surface area contributed by atoms with Crippen molar-refractivity contribution in [1.29, 1.82) is 5.26 Å². The number of hydrogen-bond acceptors (Lipinski definition) is 1. The third-order valence-electron chi connectivity index (χ3n) is 7.57. The van der Waals surface area contributed by atoms with Gasteiger partial charge in [0.25, 0.3) is 0 Å². The largest absolute Gasteiger partial charge is 0.183 e. The molecule has 0 atom stereocenters. The van der Waals surface area contributed by atoms with E-state index >= 15 is 0 Å². The minimum absolute atomic E-state index is 1.62. The molecule has 1 nitrogen and oxygen atoms in total. The van der Waals surface area contributed by atoms with Gasteiger partial charge in [0.15, 0.2) is 6.07 Å². The SMILES string of the molecule is C#CC#CC#CC#CC#CC#CC#CC#CC#CC#CC#CC#CC#CC#CC#CC#CC#CC#CC#CC#CC#CC#CC#CC#CC#CC#CC#CC#CC#CC#CC#CC#CC#CC#CC#CC#CC#CC#CC#CC#CC#CC#CC#CC#CC#CC#CC#CC#CC#CC#CC#CC#CC#CC#CC#CC#CC#CC#CC#CC#CC#CC#N. The predicted molar refractivity (Wildman–Crippen MR) is 481 cm³/mol. The Kier molecular flexibility index (Phi) is 74.6. The van der Waals surface area contributed by atoms with E-state index in [1.54, 1.807) is 6.07 Å². The highest BCUT2D eigenvalue weighted by Gasteiger charge is 1.69. The molecule has 0 unspecified atom stereocenters. The second kappa shape index (κ2) is 95.7. The summed E-state index contributed by atoms with van der Waals surface area (Å²) >= 11 is 0. The van der Waals surface area contributed by atoms with Crippen LogP contribution in [0.5, 0.6) is 0 Å². The van der Waals surface area contributed by atoms with Crippen LogP contribution in [0.1, 0.15) is 0 Å². The van der Waals surface area contributed by atoms with Crippen LogP contribution in [0.4, 0.5) is 0 Å². The molecule has 0 saturated heterocycles. The zero-order chi connectivity index (χ0) is 88.3. The number of nitriles is 1. The molecule has 0 aromatic rings. The number of terminal acetylenes is 1. The fourth-order valence-electron chi connectivity index (χ4n) is 3.75. The second-order valence-electron chi connectivity index (χ2n) is 15.3. The summed E-state index contributed by atoms with van der Waals surface area (Å²) in [5.74, 6) is 300. The Bertz CT molecular complexity index is 8290. The van der Waals surface area contributed by atoms with Crippen LogP contribution in [-0.4, -0.2) is 0 Å². The first kappa shape index (κ1) is 96.7. The fraction of sp³-hybridized carbons (Fsp3) is 0. The van der Waals surface area contributed by atoms with Gasteiger partial charge in [-0.3, -0.25) is 0 Å². The molecule has 0 heterocycles. The standard InChI is InChI=1S/C123HN/c1-2-3-4-5-6-7-8-9-10-11-12-13-14-15-16-17-18-19-20-21-22-23-24-25-26-27-28-29-30-31-32-33-34-35-36-37-38-39-40-41-42-43-44-45-46-47-48-49-50-51-52-53-54-55-56-57-58-59-60-61-62-63-64-65-66-67-68-69-70-71-72-73-74-75-76-77-78-79-80-81-82-83-84-85-86-87-88-89-90-91-92-93-94-95-96-97-98-99-100-101-102-103-104-105-106-107-108-109-110-111-112-113-114-115-116-117-118-119-120-121-122-123-124/h1H. The first-order chi connectivity index (χ1) is 61.9. The summed E-state index contributed by atoms with van der Waals surface area (Å²) in [6, 6.07) is 1.62. The van der Waals surface area contributed by atoms with Crippen LogP contribution in [0.3, 0.4) is 0 Å². The fourth-order valence-corrected chi connectivity index (χ4v) is 3.75. The van der Waals surface area contributed by atoms with Crippen LogP contribution in [0, 0.1) is 734 Å². The topological polar surface area (TPSA) is 23.8 Å². The summed E-state index contributed by atoms with van der Waals surface area (Å²) in [6.45, 7) is 0. The van der Waals surface area contributed by atoms with E-state index in [2.05, 4.69) is 716 Å². The van der Waals surface area contributed by atoms with Gasteiger partial charge in [0.05, 0.1) is 0 Å². The van der Waals surface area contributed by atoms with Gasteiger partial charge < -0.3 is 0 Å². The van der Waals surface area contributed by atoms with E-state index in [4.69, 9.17) is 11.7 Å². The van der Waals surface area contributed by atoms with E-state index < -0.39 is 0 Å². The minimum Gasteiger partial charge on any atom is -0.183 e. The van der Waals surface area contributed by atoms with Crippen LogP contribution in [0.25, 0.3) is 0 Å². The van der Waals surface area contributed by atoms with Crippen LogP contribution in [0.2, 0.25) is 0 Å². The minimum atomic E-state index is 1.62. The Morgan fingerprint density at radius 3 is 0.145 bits per heavy atom. The summed E-state index contributed by atoms with van der Waals surface area (Å²) < 4.78 is 0. The Hall–Kier alpha value is -27.3. The van der Waals surface area contributed by atoms with E-state index in [1.165, 1.54) is 0 Å². The molecule has 0 aliphatic heterocycles.